The maximum atomic E-state index is 6.13. The highest BCUT2D eigenvalue weighted by molar-refractivity contribution is 9.10. The third-order valence-corrected chi connectivity index (χ3v) is 3.87. The number of rotatable bonds is 0. The Morgan fingerprint density at radius 3 is 2.79 bits per heavy atom. The van der Waals surface area contributed by atoms with E-state index in [0.29, 0.717) is 0 Å². The lowest BCUT2D eigenvalue weighted by Crippen LogP contribution is -1.88. The van der Waals surface area contributed by atoms with E-state index < -0.39 is 0 Å². The smallest absolute Gasteiger partial charge is 0.0723 e. The van der Waals surface area contributed by atoms with E-state index >= 15 is 0 Å². The van der Waals surface area contributed by atoms with Gasteiger partial charge in [-0.3, -0.25) is 4.98 Å². The minimum Gasteiger partial charge on any atom is -0.256 e. The molecule has 0 spiro atoms. The first-order chi connectivity index (χ1) is 6.61. The van der Waals surface area contributed by atoms with E-state index in [-0.39, 0.29) is 0 Å². The predicted molar refractivity (Wildman–Crippen MR) is 63.9 cm³/mol. The number of nitrogens with zero attached hydrogens (tertiary/aromatic N) is 1. The molecule has 14 heavy (non-hydrogen) atoms. The Morgan fingerprint density at radius 1 is 1.36 bits per heavy atom. The van der Waals surface area contributed by atoms with Crippen LogP contribution in [0.15, 0.2) is 22.8 Å². The van der Waals surface area contributed by atoms with Crippen LogP contribution in [0.1, 0.15) is 11.1 Å². The molecule has 1 aromatic heterocycles. The van der Waals surface area contributed by atoms with Crippen molar-refractivity contribution in [3.05, 3.63) is 39.0 Å². The van der Waals surface area contributed by atoms with Gasteiger partial charge in [-0.2, -0.15) is 0 Å². The van der Waals surface area contributed by atoms with E-state index in [0.717, 1.165) is 26.0 Å². The van der Waals surface area contributed by atoms with Crippen LogP contribution in [0.3, 0.4) is 0 Å². The van der Waals surface area contributed by atoms with Crippen LogP contribution in [-0.2, 0) is 0 Å². The van der Waals surface area contributed by atoms with E-state index in [9.17, 15) is 0 Å². The second-order valence-electron chi connectivity index (χ2n) is 3.32. The lowest BCUT2D eigenvalue weighted by molar-refractivity contribution is 1.33. The van der Waals surface area contributed by atoms with Crippen molar-refractivity contribution in [3.63, 3.8) is 0 Å². The molecule has 72 valence electrons. The molecule has 0 aliphatic rings. The summed E-state index contributed by atoms with van der Waals surface area (Å²) in [6.45, 7) is 4.10. The van der Waals surface area contributed by atoms with Gasteiger partial charge in [0.05, 0.1) is 10.5 Å². The highest BCUT2D eigenvalue weighted by atomic mass is 79.9. The molecule has 0 saturated heterocycles. The molecule has 0 atom stereocenters. The fraction of sp³-hybridized carbons (Fsp3) is 0.182. The van der Waals surface area contributed by atoms with Gasteiger partial charge in [0, 0.05) is 16.1 Å². The predicted octanol–water partition coefficient (Wildman–Crippen LogP) is 4.27. The van der Waals surface area contributed by atoms with Crippen molar-refractivity contribution in [2.75, 3.05) is 0 Å². The molecule has 1 aromatic carbocycles. The van der Waals surface area contributed by atoms with Gasteiger partial charge in [-0.25, -0.2) is 0 Å². The van der Waals surface area contributed by atoms with Gasteiger partial charge in [0.15, 0.2) is 0 Å². The van der Waals surface area contributed by atoms with Crippen molar-refractivity contribution in [3.8, 4) is 0 Å². The standard InChI is InChI=1S/C11H9BrClN/c1-6-5-9-10(7(2)11(6)12)8(13)3-4-14-9/h3-5H,1-2H3. The molecule has 0 radical (unpaired) electrons. The van der Waals surface area contributed by atoms with E-state index in [1.54, 1.807) is 6.20 Å². The van der Waals surface area contributed by atoms with Crippen molar-refractivity contribution in [1.82, 2.24) is 4.98 Å². The van der Waals surface area contributed by atoms with Crippen molar-refractivity contribution in [2.24, 2.45) is 0 Å². The summed E-state index contributed by atoms with van der Waals surface area (Å²) in [7, 11) is 0. The molecule has 0 aliphatic heterocycles. The van der Waals surface area contributed by atoms with E-state index in [4.69, 9.17) is 11.6 Å². The molecule has 0 fully saturated rings. The zero-order valence-corrected chi connectivity index (χ0v) is 10.3. The average Bonchev–Trinajstić information content (AvgIpc) is 2.14. The van der Waals surface area contributed by atoms with Crippen LogP contribution in [-0.4, -0.2) is 4.98 Å². The number of aryl methyl sites for hydroxylation is 2. The van der Waals surface area contributed by atoms with Gasteiger partial charge >= 0.3 is 0 Å². The number of benzene rings is 1. The summed E-state index contributed by atoms with van der Waals surface area (Å²) in [5.41, 5.74) is 3.29. The maximum absolute atomic E-state index is 6.13. The molecule has 2 aromatic rings. The Balaban J connectivity index is 2.99. The first kappa shape index (κ1) is 9.94. The van der Waals surface area contributed by atoms with Crippen molar-refractivity contribution >= 4 is 38.4 Å². The molecule has 2 rings (SSSR count). The van der Waals surface area contributed by atoms with Gasteiger partial charge in [-0.15, -0.1) is 0 Å². The Labute approximate surface area is 96.2 Å². The Morgan fingerprint density at radius 2 is 2.07 bits per heavy atom. The summed E-state index contributed by atoms with van der Waals surface area (Å²) in [6.07, 6.45) is 1.73. The lowest BCUT2D eigenvalue weighted by Gasteiger charge is -2.08. The SMILES string of the molecule is Cc1cc2nccc(Cl)c2c(C)c1Br. The Bertz CT molecular complexity index is 508. The molecule has 3 heteroatoms. The summed E-state index contributed by atoms with van der Waals surface area (Å²) in [5.74, 6) is 0. The summed E-state index contributed by atoms with van der Waals surface area (Å²) in [4.78, 5) is 4.30. The monoisotopic (exact) mass is 269 g/mol. The summed E-state index contributed by atoms with van der Waals surface area (Å²) in [5, 5.41) is 1.79. The second kappa shape index (κ2) is 3.52. The minimum atomic E-state index is 0.758. The van der Waals surface area contributed by atoms with Crippen molar-refractivity contribution in [1.29, 1.82) is 0 Å². The molecule has 0 unspecified atom stereocenters. The highest BCUT2D eigenvalue weighted by Crippen LogP contribution is 2.32. The Kier molecular flexibility index (Phi) is 2.50. The van der Waals surface area contributed by atoms with Crippen LogP contribution in [0, 0.1) is 13.8 Å². The van der Waals surface area contributed by atoms with Gasteiger partial charge in [-0.05, 0) is 37.1 Å². The highest BCUT2D eigenvalue weighted by Gasteiger charge is 2.08. The molecule has 1 heterocycles. The van der Waals surface area contributed by atoms with Crippen LogP contribution < -0.4 is 0 Å². The number of fused-ring (bicyclic) bond motifs is 1. The summed E-state index contributed by atoms with van der Waals surface area (Å²) < 4.78 is 1.11. The fourth-order valence-corrected chi connectivity index (χ4v) is 2.22. The molecular weight excluding hydrogens is 261 g/mol. The van der Waals surface area contributed by atoms with Crippen LogP contribution in [0.25, 0.3) is 10.9 Å². The van der Waals surface area contributed by atoms with Crippen LogP contribution in [0.5, 0.6) is 0 Å². The molecule has 1 nitrogen and oxygen atoms in total. The largest absolute Gasteiger partial charge is 0.256 e. The second-order valence-corrected chi connectivity index (χ2v) is 4.52. The summed E-state index contributed by atoms with van der Waals surface area (Å²) >= 11 is 9.67. The van der Waals surface area contributed by atoms with Gasteiger partial charge in [0.25, 0.3) is 0 Å². The third-order valence-electron chi connectivity index (χ3n) is 2.33. The van der Waals surface area contributed by atoms with Crippen molar-refractivity contribution in [2.45, 2.75) is 13.8 Å². The first-order valence-electron chi connectivity index (χ1n) is 4.31. The number of aromatic nitrogens is 1. The number of halogens is 2. The maximum Gasteiger partial charge on any atom is 0.0723 e. The fourth-order valence-electron chi connectivity index (χ4n) is 1.61. The van der Waals surface area contributed by atoms with Gasteiger partial charge in [0.2, 0.25) is 0 Å². The lowest BCUT2D eigenvalue weighted by atomic mass is 10.1. The Hall–Kier alpha value is -0.600. The van der Waals surface area contributed by atoms with E-state index in [2.05, 4.69) is 27.8 Å². The third kappa shape index (κ3) is 1.43. The molecule has 0 aliphatic carbocycles. The average molecular weight is 271 g/mol. The van der Waals surface area contributed by atoms with E-state index in [1.807, 2.05) is 19.1 Å². The number of hydrogen-bond donors (Lipinski definition) is 0. The van der Waals surface area contributed by atoms with Crippen LogP contribution in [0.4, 0.5) is 0 Å². The zero-order valence-electron chi connectivity index (χ0n) is 7.94. The van der Waals surface area contributed by atoms with Gasteiger partial charge in [-0.1, -0.05) is 27.5 Å². The molecule has 0 amide bonds. The van der Waals surface area contributed by atoms with Crippen LogP contribution in [0.2, 0.25) is 5.02 Å². The number of pyridine rings is 1. The molecule has 0 N–H and O–H groups in total. The normalized spacial score (nSPS) is 10.9. The summed E-state index contributed by atoms with van der Waals surface area (Å²) in [6, 6.07) is 3.86. The topological polar surface area (TPSA) is 12.9 Å². The zero-order chi connectivity index (χ0) is 10.3. The van der Waals surface area contributed by atoms with Crippen molar-refractivity contribution < 1.29 is 0 Å². The molecule has 0 saturated carbocycles. The number of hydrogen-bond acceptors (Lipinski definition) is 1. The van der Waals surface area contributed by atoms with Crippen LogP contribution >= 0.6 is 27.5 Å². The van der Waals surface area contributed by atoms with Gasteiger partial charge < -0.3 is 0 Å². The first-order valence-corrected chi connectivity index (χ1v) is 5.48. The van der Waals surface area contributed by atoms with E-state index in [1.165, 1.54) is 5.56 Å². The minimum absolute atomic E-state index is 0.758. The molecule has 0 bridgehead atoms. The van der Waals surface area contributed by atoms with Gasteiger partial charge in [0.1, 0.15) is 0 Å². The quantitative estimate of drug-likeness (QED) is 0.697. The molecular formula is C11H9BrClN.